The molecular formula is C9H11F3N2O3S. The lowest BCUT2D eigenvalue weighted by molar-refractivity contribution is -0.121. The second kappa shape index (κ2) is 5.55. The molecule has 0 radical (unpaired) electrons. The van der Waals surface area contributed by atoms with Crippen LogP contribution in [0.3, 0.4) is 0 Å². The first-order valence-corrected chi connectivity index (χ1v) is 6.25. The van der Waals surface area contributed by atoms with Crippen molar-refractivity contribution in [1.29, 1.82) is 0 Å². The maximum absolute atomic E-state index is 11.8. The van der Waals surface area contributed by atoms with Crippen molar-refractivity contribution < 1.29 is 26.7 Å². The zero-order chi connectivity index (χ0) is 13.8. The van der Waals surface area contributed by atoms with Crippen molar-refractivity contribution in [3.63, 3.8) is 0 Å². The van der Waals surface area contributed by atoms with Gasteiger partial charge in [-0.3, -0.25) is 0 Å². The number of rotatable bonds is 5. The number of phenolic OH excluding ortho intramolecular Hbond substituents is 1. The van der Waals surface area contributed by atoms with Crippen molar-refractivity contribution in [1.82, 2.24) is 9.44 Å². The summed E-state index contributed by atoms with van der Waals surface area (Å²) in [5, 5.41) is 9.11. The predicted octanol–water partition coefficient (Wildman–Crippen LogP) is 0.879. The van der Waals surface area contributed by atoms with Gasteiger partial charge in [-0.15, -0.1) is 0 Å². The summed E-state index contributed by atoms with van der Waals surface area (Å²) < 4.78 is 61.0. The third-order valence-corrected chi connectivity index (χ3v) is 2.89. The maximum Gasteiger partial charge on any atom is 0.402 e. The van der Waals surface area contributed by atoms with Gasteiger partial charge in [0.05, 0.1) is 0 Å². The highest BCUT2D eigenvalue weighted by Crippen LogP contribution is 2.13. The molecule has 0 aliphatic heterocycles. The van der Waals surface area contributed by atoms with Crippen LogP contribution < -0.4 is 9.44 Å². The Hall–Kier alpha value is -1.32. The minimum Gasteiger partial charge on any atom is -0.508 e. The minimum atomic E-state index is -4.61. The van der Waals surface area contributed by atoms with Crippen molar-refractivity contribution in [2.75, 3.05) is 6.54 Å². The molecule has 0 heterocycles. The van der Waals surface area contributed by atoms with Gasteiger partial charge in [0.1, 0.15) is 12.3 Å². The van der Waals surface area contributed by atoms with Gasteiger partial charge >= 0.3 is 6.18 Å². The summed E-state index contributed by atoms with van der Waals surface area (Å²) >= 11 is 0. The first-order valence-electron chi connectivity index (χ1n) is 4.77. The Labute approximate surface area is 102 Å². The average Bonchev–Trinajstić information content (AvgIpc) is 2.24. The highest BCUT2D eigenvalue weighted by Gasteiger charge is 2.29. The monoisotopic (exact) mass is 284 g/mol. The van der Waals surface area contributed by atoms with Crippen molar-refractivity contribution in [2.45, 2.75) is 12.7 Å². The molecule has 3 N–H and O–H groups in total. The molecule has 0 fully saturated rings. The van der Waals surface area contributed by atoms with E-state index in [-0.39, 0.29) is 12.3 Å². The van der Waals surface area contributed by atoms with E-state index >= 15 is 0 Å². The Morgan fingerprint density at radius 3 is 2.44 bits per heavy atom. The lowest BCUT2D eigenvalue weighted by atomic mass is 10.2. The van der Waals surface area contributed by atoms with Crippen LogP contribution in [0.1, 0.15) is 5.56 Å². The van der Waals surface area contributed by atoms with Crippen LogP contribution in [0.2, 0.25) is 0 Å². The standard InChI is InChI=1S/C9H11F3N2O3S/c10-9(11,12)6-14-18(16,17)13-5-7-2-1-3-8(15)4-7/h1-4,13-15H,5-6H2. The molecule has 18 heavy (non-hydrogen) atoms. The number of nitrogens with one attached hydrogen (secondary N) is 2. The number of alkyl halides is 3. The van der Waals surface area contributed by atoms with E-state index < -0.39 is 22.9 Å². The third-order valence-electron chi connectivity index (χ3n) is 1.84. The Morgan fingerprint density at radius 1 is 1.22 bits per heavy atom. The van der Waals surface area contributed by atoms with E-state index in [0.29, 0.717) is 5.56 Å². The van der Waals surface area contributed by atoms with Gasteiger partial charge in [-0.1, -0.05) is 12.1 Å². The van der Waals surface area contributed by atoms with E-state index in [0.717, 1.165) is 0 Å². The molecule has 1 rings (SSSR count). The molecule has 0 bridgehead atoms. The molecule has 0 atom stereocenters. The molecule has 0 spiro atoms. The van der Waals surface area contributed by atoms with E-state index in [1.807, 2.05) is 4.72 Å². The fourth-order valence-electron chi connectivity index (χ4n) is 1.07. The first-order chi connectivity index (χ1) is 8.18. The quantitative estimate of drug-likeness (QED) is 0.751. The second-order valence-electron chi connectivity index (χ2n) is 3.43. The van der Waals surface area contributed by atoms with Crippen LogP contribution in [0.5, 0.6) is 5.75 Å². The number of phenols is 1. The highest BCUT2D eigenvalue weighted by molar-refractivity contribution is 7.87. The highest BCUT2D eigenvalue weighted by atomic mass is 32.2. The smallest absolute Gasteiger partial charge is 0.402 e. The number of benzene rings is 1. The van der Waals surface area contributed by atoms with E-state index in [1.165, 1.54) is 29.0 Å². The molecular weight excluding hydrogens is 273 g/mol. The van der Waals surface area contributed by atoms with Crippen LogP contribution in [0, 0.1) is 0 Å². The predicted molar refractivity (Wildman–Crippen MR) is 57.9 cm³/mol. The number of aromatic hydroxyl groups is 1. The fraction of sp³-hybridized carbons (Fsp3) is 0.333. The zero-order valence-electron chi connectivity index (χ0n) is 9.03. The van der Waals surface area contributed by atoms with Crippen LogP contribution in [-0.2, 0) is 16.8 Å². The SMILES string of the molecule is O=S(=O)(NCc1cccc(O)c1)NCC(F)(F)F. The molecule has 102 valence electrons. The topological polar surface area (TPSA) is 78.4 Å². The lowest BCUT2D eigenvalue weighted by Gasteiger charge is -2.10. The van der Waals surface area contributed by atoms with E-state index in [9.17, 15) is 21.6 Å². The lowest BCUT2D eigenvalue weighted by Crippen LogP contribution is -2.41. The van der Waals surface area contributed by atoms with Crippen LogP contribution in [0.4, 0.5) is 13.2 Å². The number of hydrogen-bond donors (Lipinski definition) is 3. The van der Waals surface area contributed by atoms with Gasteiger partial charge in [0.15, 0.2) is 0 Å². The summed E-state index contributed by atoms with van der Waals surface area (Å²) in [6, 6.07) is 5.69. The molecule has 1 aromatic rings. The van der Waals surface area contributed by atoms with Crippen LogP contribution in [0.25, 0.3) is 0 Å². The molecule has 0 aromatic heterocycles. The molecule has 0 saturated carbocycles. The van der Waals surface area contributed by atoms with Gasteiger partial charge < -0.3 is 5.11 Å². The molecule has 0 saturated heterocycles. The minimum absolute atomic E-state index is 0.0602. The molecule has 0 unspecified atom stereocenters. The Kier molecular flexibility index (Phi) is 4.54. The molecule has 5 nitrogen and oxygen atoms in total. The zero-order valence-corrected chi connectivity index (χ0v) is 9.85. The first kappa shape index (κ1) is 14.7. The van der Waals surface area contributed by atoms with Crippen LogP contribution in [-0.4, -0.2) is 26.2 Å². The van der Waals surface area contributed by atoms with Gasteiger partial charge in [-0.2, -0.15) is 31.0 Å². The summed E-state index contributed by atoms with van der Waals surface area (Å²) in [7, 11) is -4.23. The van der Waals surface area contributed by atoms with Crippen molar-refractivity contribution in [2.24, 2.45) is 0 Å². The van der Waals surface area contributed by atoms with Gasteiger partial charge in [0, 0.05) is 6.54 Å². The number of hydrogen-bond acceptors (Lipinski definition) is 3. The van der Waals surface area contributed by atoms with E-state index in [1.54, 1.807) is 0 Å². The Balaban J connectivity index is 2.52. The maximum atomic E-state index is 11.8. The molecule has 9 heteroatoms. The van der Waals surface area contributed by atoms with E-state index in [4.69, 9.17) is 5.11 Å². The molecule has 0 amide bonds. The normalized spacial score (nSPS) is 12.6. The molecule has 0 aliphatic rings. The van der Waals surface area contributed by atoms with Gasteiger partial charge in [0.25, 0.3) is 10.2 Å². The van der Waals surface area contributed by atoms with Crippen molar-refractivity contribution in [3.8, 4) is 5.75 Å². The summed E-state index contributed by atoms with van der Waals surface area (Å²) in [6.45, 7) is -1.86. The molecule has 0 aliphatic carbocycles. The third kappa shape index (κ3) is 5.84. The fourth-order valence-corrected chi connectivity index (χ4v) is 1.89. The van der Waals surface area contributed by atoms with Gasteiger partial charge in [-0.05, 0) is 17.7 Å². The summed E-state index contributed by atoms with van der Waals surface area (Å²) in [4.78, 5) is 0. The largest absolute Gasteiger partial charge is 0.508 e. The van der Waals surface area contributed by atoms with E-state index in [2.05, 4.69) is 0 Å². The Bertz CT molecular complexity index is 502. The Morgan fingerprint density at radius 2 is 1.89 bits per heavy atom. The number of halogens is 3. The van der Waals surface area contributed by atoms with Gasteiger partial charge in [0.2, 0.25) is 0 Å². The van der Waals surface area contributed by atoms with Crippen LogP contribution >= 0.6 is 0 Å². The average molecular weight is 284 g/mol. The van der Waals surface area contributed by atoms with Crippen LogP contribution in [0.15, 0.2) is 24.3 Å². The van der Waals surface area contributed by atoms with Gasteiger partial charge in [-0.25, -0.2) is 0 Å². The summed E-state index contributed by atoms with van der Waals surface area (Å²) in [6.07, 6.45) is -4.61. The molecule has 1 aromatic carbocycles. The van der Waals surface area contributed by atoms with Crippen molar-refractivity contribution in [3.05, 3.63) is 29.8 Å². The summed E-state index contributed by atoms with van der Waals surface area (Å²) in [5.41, 5.74) is 0.424. The second-order valence-corrected chi connectivity index (χ2v) is 5.01. The van der Waals surface area contributed by atoms with Crippen molar-refractivity contribution >= 4 is 10.2 Å². The summed E-state index contributed by atoms with van der Waals surface area (Å²) in [5.74, 6) is -0.0602.